The van der Waals surface area contributed by atoms with E-state index >= 15 is 0 Å². The molecule has 1 amide bonds. The summed E-state index contributed by atoms with van der Waals surface area (Å²) in [5.74, 6) is -3.35. The molecular weight excluding hydrogens is 230 g/mol. The first kappa shape index (κ1) is 12.2. The summed E-state index contributed by atoms with van der Waals surface area (Å²) in [4.78, 5) is 20.8. The van der Waals surface area contributed by atoms with Gasteiger partial charge in [-0.3, -0.25) is 9.59 Å². The van der Waals surface area contributed by atoms with E-state index in [4.69, 9.17) is 0 Å². The Kier molecular flexibility index (Phi) is 3.26. The number of amides is 1. The number of anilines is 1. The summed E-state index contributed by atoms with van der Waals surface area (Å²) in [6.45, 7) is 0. The van der Waals surface area contributed by atoms with Crippen LogP contribution < -0.4 is 5.32 Å². The molecule has 0 unspecified atom stereocenters. The maximum atomic E-state index is 13.0. The van der Waals surface area contributed by atoms with E-state index in [-0.39, 0.29) is 5.56 Å². The van der Waals surface area contributed by atoms with Gasteiger partial charge in [-0.2, -0.15) is 13.2 Å². The Balaban J connectivity index is 2.97. The largest absolute Gasteiger partial charge is 0.471 e. The fourth-order valence-corrected chi connectivity index (χ4v) is 0.905. The van der Waals surface area contributed by atoms with E-state index < -0.39 is 23.6 Å². The van der Waals surface area contributed by atoms with Crippen molar-refractivity contribution in [1.82, 2.24) is 0 Å². The summed E-state index contributed by atoms with van der Waals surface area (Å²) in [5, 5.41) is 1.33. The average molecular weight is 235 g/mol. The second-order valence-corrected chi connectivity index (χ2v) is 2.81. The number of hydrogen-bond donors (Lipinski definition) is 1. The zero-order valence-corrected chi connectivity index (χ0v) is 7.64. The topological polar surface area (TPSA) is 46.2 Å². The van der Waals surface area contributed by atoms with E-state index in [9.17, 15) is 27.2 Å². The molecule has 0 atom stereocenters. The van der Waals surface area contributed by atoms with Gasteiger partial charge < -0.3 is 5.32 Å². The normalized spacial score (nSPS) is 11.0. The van der Waals surface area contributed by atoms with Crippen LogP contribution in [0.15, 0.2) is 18.2 Å². The smallest absolute Gasteiger partial charge is 0.316 e. The predicted molar refractivity (Wildman–Crippen MR) is 46.5 cm³/mol. The van der Waals surface area contributed by atoms with Gasteiger partial charge in [0.1, 0.15) is 12.1 Å². The lowest BCUT2D eigenvalue weighted by Gasteiger charge is -2.08. The highest BCUT2D eigenvalue weighted by molar-refractivity contribution is 5.95. The number of halogens is 4. The summed E-state index contributed by atoms with van der Waals surface area (Å²) < 4.78 is 48.5. The lowest BCUT2D eigenvalue weighted by Crippen LogP contribution is -2.30. The molecule has 16 heavy (non-hydrogen) atoms. The van der Waals surface area contributed by atoms with Crippen LogP contribution in [-0.4, -0.2) is 18.4 Å². The summed E-state index contributed by atoms with van der Waals surface area (Å²) in [6, 6.07) is 2.67. The van der Waals surface area contributed by atoms with Gasteiger partial charge in [0.15, 0.2) is 0 Å². The Morgan fingerprint density at radius 1 is 1.31 bits per heavy atom. The molecule has 1 rings (SSSR count). The molecule has 0 aliphatic heterocycles. The van der Waals surface area contributed by atoms with E-state index in [1.807, 2.05) is 0 Å². The second-order valence-electron chi connectivity index (χ2n) is 2.81. The summed E-state index contributed by atoms with van der Waals surface area (Å²) >= 11 is 0. The van der Waals surface area contributed by atoms with Gasteiger partial charge in [-0.25, -0.2) is 4.39 Å². The maximum absolute atomic E-state index is 13.0. The Bertz CT molecular complexity index is 428. The van der Waals surface area contributed by atoms with Crippen molar-refractivity contribution in [3.8, 4) is 0 Å². The molecule has 1 aromatic carbocycles. The van der Waals surface area contributed by atoms with Crippen molar-refractivity contribution in [3.05, 3.63) is 29.6 Å². The molecule has 0 heterocycles. The number of hydrogen-bond acceptors (Lipinski definition) is 2. The van der Waals surface area contributed by atoms with Crippen LogP contribution in [-0.2, 0) is 4.79 Å². The van der Waals surface area contributed by atoms with Gasteiger partial charge in [0, 0.05) is 5.56 Å². The summed E-state index contributed by atoms with van der Waals surface area (Å²) in [7, 11) is 0. The molecule has 7 heteroatoms. The van der Waals surface area contributed by atoms with Crippen LogP contribution >= 0.6 is 0 Å². The van der Waals surface area contributed by atoms with E-state index in [0.29, 0.717) is 6.29 Å². The predicted octanol–water partition coefficient (Wildman–Crippen LogP) is 2.14. The van der Waals surface area contributed by atoms with Crippen molar-refractivity contribution in [1.29, 1.82) is 0 Å². The SMILES string of the molecule is O=Cc1ccc(F)c(NC(=O)C(F)(F)F)c1. The molecule has 0 aliphatic rings. The molecule has 0 aliphatic carbocycles. The fourth-order valence-electron chi connectivity index (χ4n) is 0.905. The van der Waals surface area contributed by atoms with Crippen LogP contribution in [0.2, 0.25) is 0 Å². The minimum atomic E-state index is -5.11. The van der Waals surface area contributed by atoms with Crippen molar-refractivity contribution in [2.24, 2.45) is 0 Å². The number of aldehydes is 1. The number of carbonyl (C=O) groups is 2. The third-order valence-corrected chi connectivity index (χ3v) is 1.63. The van der Waals surface area contributed by atoms with Crippen molar-refractivity contribution in [3.63, 3.8) is 0 Å². The van der Waals surface area contributed by atoms with Crippen LogP contribution in [0, 0.1) is 5.82 Å². The van der Waals surface area contributed by atoms with Crippen molar-refractivity contribution < 1.29 is 27.2 Å². The van der Waals surface area contributed by atoms with E-state index in [2.05, 4.69) is 0 Å². The minimum absolute atomic E-state index is 0.0427. The first-order valence-electron chi connectivity index (χ1n) is 3.97. The van der Waals surface area contributed by atoms with Gasteiger partial charge in [0.05, 0.1) is 5.69 Å². The second kappa shape index (κ2) is 4.30. The third kappa shape index (κ3) is 2.78. The van der Waals surface area contributed by atoms with Gasteiger partial charge in [-0.05, 0) is 18.2 Å². The highest BCUT2D eigenvalue weighted by Crippen LogP contribution is 2.20. The van der Waals surface area contributed by atoms with E-state index in [1.54, 1.807) is 0 Å². The maximum Gasteiger partial charge on any atom is 0.471 e. The van der Waals surface area contributed by atoms with Crippen LogP contribution in [0.5, 0.6) is 0 Å². The Morgan fingerprint density at radius 3 is 2.44 bits per heavy atom. The number of nitrogens with one attached hydrogen (secondary N) is 1. The highest BCUT2D eigenvalue weighted by Gasteiger charge is 2.39. The average Bonchev–Trinajstić information content (AvgIpc) is 2.19. The van der Waals surface area contributed by atoms with E-state index in [0.717, 1.165) is 18.2 Å². The molecule has 0 aromatic heterocycles. The zero-order valence-electron chi connectivity index (χ0n) is 7.64. The van der Waals surface area contributed by atoms with Crippen molar-refractivity contribution >= 4 is 17.9 Å². The lowest BCUT2D eigenvalue weighted by molar-refractivity contribution is -0.167. The van der Waals surface area contributed by atoms with Gasteiger partial charge in [0.2, 0.25) is 0 Å². The van der Waals surface area contributed by atoms with Crippen LogP contribution in [0.25, 0.3) is 0 Å². The Labute approximate surface area is 87.1 Å². The first-order chi connectivity index (χ1) is 7.34. The van der Waals surface area contributed by atoms with Gasteiger partial charge in [0.25, 0.3) is 0 Å². The van der Waals surface area contributed by atoms with Gasteiger partial charge >= 0.3 is 12.1 Å². The lowest BCUT2D eigenvalue weighted by atomic mass is 10.2. The fraction of sp³-hybridized carbons (Fsp3) is 0.111. The molecule has 1 aromatic rings. The summed E-state index contributed by atoms with van der Waals surface area (Å²) in [5.41, 5.74) is -0.731. The van der Waals surface area contributed by atoms with Crippen molar-refractivity contribution in [2.75, 3.05) is 5.32 Å². The van der Waals surface area contributed by atoms with Crippen LogP contribution in [0.1, 0.15) is 10.4 Å². The molecule has 0 saturated carbocycles. The van der Waals surface area contributed by atoms with Gasteiger partial charge in [-0.15, -0.1) is 0 Å². The zero-order chi connectivity index (χ0) is 12.3. The van der Waals surface area contributed by atoms with Crippen molar-refractivity contribution in [2.45, 2.75) is 6.18 Å². The monoisotopic (exact) mass is 235 g/mol. The quantitative estimate of drug-likeness (QED) is 0.630. The molecule has 0 radical (unpaired) electrons. The molecule has 0 spiro atoms. The number of benzene rings is 1. The first-order valence-corrected chi connectivity index (χ1v) is 3.97. The van der Waals surface area contributed by atoms with Gasteiger partial charge in [-0.1, -0.05) is 0 Å². The number of carbonyl (C=O) groups excluding carboxylic acids is 2. The van der Waals surface area contributed by atoms with E-state index in [1.165, 1.54) is 5.32 Å². The van der Waals surface area contributed by atoms with Crippen LogP contribution in [0.3, 0.4) is 0 Å². The number of rotatable bonds is 2. The Morgan fingerprint density at radius 2 is 1.94 bits per heavy atom. The Hall–Kier alpha value is -1.92. The highest BCUT2D eigenvalue weighted by atomic mass is 19.4. The molecular formula is C9H5F4NO2. The summed E-state index contributed by atoms with van der Waals surface area (Å²) in [6.07, 6.45) is -4.79. The standard InChI is InChI=1S/C9H5F4NO2/c10-6-2-1-5(4-15)3-7(6)14-8(16)9(11,12)13/h1-4H,(H,14,16). The molecule has 0 fully saturated rings. The molecule has 0 saturated heterocycles. The number of alkyl halides is 3. The third-order valence-electron chi connectivity index (χ3n) is 1.63. The van der Waals surface area contributed by atoms with Crippen LogP contribution in [0.4, 0.5) is 23.2 Å². The molecule has 1 N–H and O–H groups in total. The molecule has 86 valence electrons. The molecule has 0 bridgehead atoms. The molecule has 3 nitrogen and oxygen atoms in total. The minimum Gasteiger partial charge on any atom is -0.316 e.